The lowest BCUT2D eigenvalue weighted by Gasteiger charge is -2.18. The number of hydrogen-bond donors (Lipinski definition) is 2. The molecule has 6 heteroatoms. The molecule has 2 N–H and O–H groups in total. The first kappa shape index (κ1) is 17.8. The van der Waals surface area contributed by atoms with Gasteiger partial charge in [0.05, 0.1) is 19.8 Å². The SMILES string of the molecule is CNC(C)c1cc(F)ccc1OCC(O)COCCOC. The molecule has 0 bridgehead atoms. The summed E-state index contributed by atoms with van der Waals surface area (Å²) in [7, 11) is 3.37. The first-order valence-electron chi connectivity index (χ1n) is 6.92. The number of benzene rings is 1. The van der Waals surface area contributed by atoms with E-state index in [1.807, 2.05) is 6.92 Å². The summed E-state index contributed by atoms with van der Waals surface area (Å²) in [6, 6.07) is 4.28. The summed E-state index contributed by atoms with van der Waals surface area (Å²) in [6.45, 7) is 3.07. The van der Waals surface area contributed by atoms with Gasteiger partial charge in [-0.1, -0.05) is 0 Å². The number of halogens is 1. The number of ether oxygens (including phenoxy) is 3. The minimum absolute atomic E-state index is 0.0502. The Balaban J connectivity index is 2.50. The third-order valence-corrected chi connectivity index (χ3v) is 3.04. The van der Waals surface area contributed by atoms with E-state index in [4.69, 9.17) is 14.2 Å². The van der Waals surface area contributed by atoms with Gasteiger partial charge < -0.3 is 24.6 Å². The fourth-order valence-electron chi connectivity index (χ4n) is 1.74. The molecule has 2 unspecified atom stereocenters. The van der Waals surface area contributed by atoms with Crippen LogP contribution in [-0.4, -0.2) is 51.8 Å². The molecule has 1 aromatic carbocycles. The lowest BCUT2D eigenvalue weighted by atomic mass is 10.1. The summed E-state index contributed by atoms with van der Waals surface area (Å²) >= 11 is 0. The molecule has 2 atom stereocenters. The van der Waals surface area contributed by atoms with Crippen LogP contribution < -0.4 is 10.1 Å². The van der Waals surface area contributed by atoms with Gasteiger partial charge in [-0.2, -0.15) is 0 Å². The van der Waals surface area contributed by atoms with Crippen LogP contribution in [0.2, 0.25) is 0 Å². The highest BCUT2D eigenvalue weighted by Gasteiger charge is 2.13. The molecule has 0 saturated carbocycles. The van der Waals surface area contributed by atoms with Gasteiger partial charge in [0.25, 0.3) is 0 Å². The highest BCUT2D eigenvalue weighted by atomic mass is 19.1. The lowest BCUT2D eigenvalue weighted by molar-refractivity contribution is -0.00437. The fourth-order valence-corrected chi connectivity index (χ4v) is 1.74. The molecule has 0 amide bonds. The third-order valence-electron chi connectivity index (χ3n) is 3.04. The van der Waals surface area contributed by atoms with Crippen molar-refractivity contribution in [3.63, 3.8) is 0 Å². The quantitative estimate of drug-likeness (QED) is 0.642. The van der Waals surface area contributed by atoms with E-state index in [0.29, 0.717) is 24.5 Å². The molecule has 0 heterocycles. The molecule has 0 fully saturated rings. The number of rotatable bonds is 10. The van der Waals surface area contributed by atoms with Gasteiger partial charge >= 0.3 is 0 Å². The van der Waals surface area contributed by atoms with Gasteiger partial charge in [0.15, 0.2) is 0 Å². The molecule has 0 aliphatic rings. The molecule has 0 aliphatic heterocycles. The zero-order chi connectivity index (χ0) is 15.7. The third kappa shape index (κ3) is 6.39. The fraction of sp³-hybridized carbons (Fsp3) is 0.600. The van der Waals surface area contributed by atoms with Crippen molar-refractivity contribution in [2.45, 2.75) is 19.1 Å². The Labute approximate surface area is 125 Å². The smallest absolute Gasteiger partial charge is 0.124 e. The average Bonchev–Trinajstić information content (AvgIpc) is 2.49. The minimum atomic E-state index is -0.746. The molecule has 5 nitrogen and oxygen atoms in total. The van der Waals surface area contributed by atoms with E-state index < -0.39 is 6.10 Å². The number of aliphatic hydroxyl groups is 1. The molecular weight excluding hydrogens is 277 g/mol. The molecule has 0 spiro atoms. The van der Waals surface area contributed by atoms with Gasteiger partial charge in [-0.05, 0) is 32.2 Å². The summed E-state index contributed by atoms with van der Waals surface area (Å²) in [5, 5.41) is 12.8. The van der Waals surface area contributed by atoms with Crippen molar-refractivity contribution in [2.24, 2.45) is 0 Å². The van der Waals surface area contributed by atoms with Gasteiger partial charge in [0.1, 0.15) is 24.3 Å². The lowest BCUT2D eigenvalue weighted by Crippen LogP contribution is -2.25. The van der Waals surface area contributed by atoms with E-state index in [0.717, 1.165) is 0 Å². The topological polar surface area (TPSA) is 60.0 Å². The number of aliphatic hydroxyl groups excluding tert-OH is 1. The van der Waals surface area contributed by atoms with Crippen molar-refractivity contribution in [3.05, 3.63) is 29.6 Å². The van der Waals surface area contributed by atoms with Crippen LogP contribution in [0.15, 0.2) is 18.2 Å². The van der Waals surface area contributed by atoms with Gasteiger partial charge in [-0.3, -0.25) is 0 Å². The first-order valence-corrected chi connectivity index (χ1v) is 6.92. The molecule has 120 valence electrons. The highest BCUT2D eigenvalue weighted by molar-refractivity contribution is 5.36. The predicted molar refractivity (Wildman–Crippen MR) is 78.1 cm³/mol. The maximum atomic E-state index is 13.3. The largest absolute Gasteiger partial charge is 0.490 e. The molecular formula is C15H24FNO4. The van der Waals surface area contributed by atoms with E-state index in [9.17, 15) is 9.50 Å². The van der Waals surface area contributed by atoms with Crippen molar-refractivity contribution >= 4 is 0 Å². The van der Waals surface area contributed by atoms with Crippen LogP contribution in [0.5, 0.6) is 5.75 Å². The first-order chi connectivity index (χ1) is 10.1. The number of methoxy groups -OCH3 is 1. The normalized spacial score (nSPS) is 14.0. The minimum Gasteiger partial charge on any atom is -0.490 e. The van der Waals surface area contributed by atoms with E-state index >= 15 is 0 Å². The summed E-state index contributed by atoms with van der Waals surface area (Å²) < 4.78 is 28.9. The summed E-state index contributed by atoms with van der Waals surface area (Å²) in [5.74, 6) is 0.233. The molecule has 1 rings (SSSR count). The van der Waals surface area contributed by atoms with Crippen LogP contribution in [0.3, 0.4) is 0 Å². The van der Waals surface area contributed by atoms with Crippen molar-refractivity contribution in [2.75, 3.05) is 40.6 Å². The van der Waals surface area contributed by atoms with Crippen molar-refractivity contribution in [1.82, 2.24) is 5.32 Å². The standard InChI is InChI=1S/C15H24FNO4/c1-11(17-2)14-8-12(16)4-5-15(14)21-10-13(18)9-20-7-6-19-3/h4-5,8,11,13,17-18H,6-7,9-10H2,1-3H3. The molecule has 0 aromatic heterocycles. The van der Waals surface area contributed by atoms with Crippen molar-refractivity contribution in [1.29, 1.82) is 0 Å². The second kappa shape index (κ2) is 9.68. The summed E-state index contributed by atoms with van der Waals surface area (Å²) in [4.78, 5) is 0. The maximum absolute atomic E-state index is 13.3. The Morgan fingerprint density at radius 1 is 1.29 bits per heavy atom. The average molecular weight is 301 g/mol. The summed E-state index contributed by atoms with van der Waals surface area (Å²) in [6.07, 6.45) is -0.746. The van der Waals surface area contributed by atoms with Gasteiger partial charge in [0.2, 0.25) is 0 Å². The Kier molecular flexibility index (Phi) is 8.22. The Hall–Kier alpha value is -1.21. The van der Waals surface area contributed by atoms with E-state index in [1.165, 1.54) is 12.1 Å². The monoisotopic (exact) mass is 301 g/mol. The highest BCUT2D eigenvalue weighted by Crippen LogP contribution is 2.26. The predicted octanol–water partition coefficient (Wildman–Crippen LogP) is 1.51. The van der Waals surface area contributed by atoms with Crippen LogP contribution in [0, 0.1) is 5.82 Å². The second-order valence-corrected chi connectivity index (χ2v) is 4.73. The molecule has 0 aliphatic carbocycles. The van der Waals surface area contributed by atoms with Crippen LogP contribution in [0.25, 0.3) is 0 Å². The number of hydrogen-bond acceptors (Lipinski definition) is 5. The van der Waals surface area contributed by atoms with E-state index in [2.05, 4.69) is 5.32 Å². The van der Waals surface area contributed by atoms with E-state index in [-0.39, 0.29) is 25.1 Å². The summed E-state index contributed by atoms with van der Waals surface area (Å²) in [5.41, 5.74) is 0.713. The Morgan fingerprint density at radius 3 is 2.71 bits per heavy atom. The van der Waals surface area contributed by atoms with E-state index in [1.54, 1.807) is 20.2 Å². The molecule has 1 aromatic rings. The van der Waals surface area contributed by atoms with Crippen molar-refractivity contribution < 1.29 is 23.7 Å². The van der Waals surface area contributed by atoms with Gasteiger partial charge in [-0.15, -0.1) is 0 Å². The second-order valence-electron chi connectivity index (χ2n) is 4.73. The van der Waals surface area contributed by atoms with Crippen molar-refractivity contribution in [3.8, 4) is 5.75 Å². The maximum Gasteiger partial charge on any atom is 0.124 e. The zero-order valence-electron chi connectivity index (χ0n) is 12.8. The molecule has 0 radical (unpaired) electrons. The van der Waals surface area contributed by atoms with Crippen LogP contribution in [-0.2, 0) is 9.47 Å². The Bertz CT molecular complexity index is 417. The van der Waals surface area contributed by atoms with Gasteiger partial charge in [-0.25, -0.2) is 4.39 Å². The van der Waals surface area contributed by atoms with Gasteiger partial charge in [0, 0.05) is 18.7 Å². The van der Waals surface area contributed by atoms with Crippen LogP contribution in [0.1, 0.15) is 18.5 Å². The van der Waals surface area contributed by atoms with Crippen LogP contribution >= 0.6 is 0 Å². The zero-order valence-corrected chi connectivity index (χ0v) is 12.8. The molecule has 0 saturated heterocycles. The van der Waals surface area contributed by atoms with Crippen LogP contribution in [0.4, 0.5) is 4.39 Å². The Morgan fingerprint density at radius 2 is 2.05 bits per heavy atom. The molecule has 21 heavy (non-hydrogen) atoms. The number of nitrogens with one attached hydrogen (secondary N) is 1.